The molecule has 2 rings (SSSR count). The van der Waals surface area contributed by atoms with Gasteiger partial charge in [0, 0.05) is 11.5 Å². The SMILES string of the molecule is CCCCC1(C2CC2)OC(C)CC(C)(C)N1C. The summed E-state index contributed by atoms with van der Waals surface area (Å²) in [5, 5.41) is 0. The van der Waals surface area contributed by atoms with Crippen molar-refractivity contribution < 1.29 is 4.74 Å². The van der Waals surface area contributed by atoms with Crippen molar-refractivity contribution in [1.82, 2.24) is 4.90 Å². The zero-order valence-electron chi connectivity index (χ0n) is 12.3. The van der Waals surface area contributed by atoms with Gasteiger partial charge in [-0.05, 0) is 59.9 Å². The zero-order valence-corrected chi connectivity index (χ0v) is 12.3. The van der Waals surface area contributed by atoms with Crippen molar-refractivity contribution in [3.05, 3.63) is 0 Å². The van der Waals surface area contributed by atoms with E-state index in [9.17, 15) is 0 Å². The molecule has 2 atom stereocenters. The van der Waals surface area contributed by atoms with E-state index in [2.05, 4.69) is 39.6 Å². The third kappa shape index (κ3) is 2.39. The third-order valence-corrected chi connectivity index (χ3v) is 4.77. The van der Waals surface area contributed by atoms with Gasteiger partial charge >= 0.3 is 0 Å². The lowest BCUT2D eigenvalue weighted by Crippen LogP contribution is -2.64. The fourth-order valence-electron chi connectivity index (χ4n) is 3.59. The molecular weight excluding hydrogens is 210 g/mol. The van der Waals surface area contributed by atoms with Crippen molar-refractivity contribution in [2.45, 2.75) is 83.6 Å². The van der Waals surface area contributed by atoms with Gasteiger partial charge in [-0.25, -0.2) is 0 Å². The maximum atomic E-state index is 6.47. The summed E-state index contributed by atoms with van der Waals surface area (Å²) in [5.41, 5.74) is 0.311. The first-order valence-corrected chi connectivity index (χ1v) is 7.34. The smallest absolute Gasteiger partial charge is 0.125 e. The second kappa shape index (κ2) is 4.55. The van der Waals surface area contributed by atoms with Gasteiger partial charge in [-0.2, -0.15) is 0 Å². The standard InChI is InChI=1S/C15H29NO/c1-6-7-10-15(13-8-9-13)16(5)14(3,4)11-12(2)17-15/h12-13H,6-11H2,1-5H3. The van der Waals surface area contributed by atoms with Crippen LogP contribution in [-0.4, -0.2) is 29.3 Å². The Balaban J connectivity index is 2.22. The van der Waals surface area contributed by atoms with Gasteiger partial charge in [-0.1, -0.05) is 13.3 Å². The Hall–Kier alpha value is -0.0800. The Labute approximate surface area is 107 Å². The molecule has 0 N–H and O–H groups in total. The molecule has 1 heterocycles. The third-order valence-electron chi connectivity index (χ3n) is 4.77. The zero-order chi connectivity index (χ0) is 12.7. The van der Waals surface area contributed by atoms with Crippen molar-refractivity contribution in [2.24, 2.45) is 5.92 Å². The van der Waals surface area contributed by atoms with Crippen LogP contribution in [0.15, 0.2) is 0 Å². The first kappa shape index (κ1) is 13.4. The maximum absolute atomic E-state index is 6.47. The van der Waals surface area contributed by atoms with Crippen LogP contribution < -0.4 is 0 Å². The molecule has 1 saturated heterocycles. The van der Waals surface area contributed by atoms with E-state index in [1.54, 1.807) is 0 Å². The molecule has 2 nitrogen and oxygen atoms in total. The Kier molecular flexibility index (Phi) is 3.57. The van der Waals surface area contributed by atoms with E-state index in [0.29, 0.717) is 6.10 Å². The molecule has 0 amide bonds. The fraction of sp³-hybridized carbons (Fsp3) is 1.00. The van der Waals surface area contributed by atoms with E-state index < -0.39 is 0 Å². The van der Waals surface area contributed by atoms with Crippen LogP contribution in [0.25, 0.3) is 0 Å². The largest absolute Gasteiger partial charge is 0.357 e. The highest BCUT2D eigenvalue weighted by Crippen LogP contribution is 2.51. The topological polar surface area (TPSA) is 12.5 Å². The molecule has 1 aliphatic heterocycles. The maximum Gasteiger partial charge on any atom is 0.125 e. The van der Waals surface area contributed by atoms with Gasteiger partial charge in [0.25, 0.3) is 0 Å². The molecule has 1 saturated carbocycles. The number of ether oxygens (including phenoxy) is 1. The highest BCUT2D eigenvalue weighted by atomic mass is 16.5. The van der Waals surface area contributed by atoms with Crippen LogP contribution in [0.5, 0.6) is 0 Å². The molecular formula is C15H29NO. The molecule has 100 valence electrons. The predicted molar refractivity (Wildman–Crippen MR) is 72.0 cm³/mol. The quantitative estimate of drug-likeness (QED) is 0.740. The molecule has 2 unspecified atom stereocenters. The number of nitrogens with zero attached hydrogens (tertiary/aromatic N) is 1. The van der Waals surface area contributed by atoms with Crippen molar-refractivity contribution in [2.75, 3.05) is 7.05 Å². The van der Waals surface area contributed by atoms with Crippen LogP contribution in [0, 0.1) is 5.92 Å². The molecule has 17 heavy (non-hydrogen) atoms. The van der Waals surface area contributed by atoms with E-state index in [0.717, 1.165) is 12.3 Å². The van der Waals surface area contributed by atoms with Gasteiger partial charge in [0.15, 0.2) is 0 Å². The second-order valence-corrected chi connectivity index (χ2v) is 6.73. The fourth-order valence-corrected chi connectivity index (χ4v) is 3.59. The first-order chi connectivity index (χ1) is 7.92. The normalized spacial score (nSPS) is 38.3. The predicted octanol–water partition coefficient (Wildman–Crippen LogP) is 3.80. The molecule has 1 aliphatic carbocycles. The van der Waals surface area contributed by atoms with Crippen LogP contribution in [0.4, 0.5) is 0 Å². The summed E-state index contributed by atoms with van der Waals surface area (Å²) >= 11 is 0. The van der Waals surface area contributed by atoms with E-state index in [1.807, 2.05) is 0 Å². The van der Waals surface area contributed by atoms with Crippen LogP contribution >= 0.6 is 0 Å². The molecule has 0 radical (unpaired) electrons. The van der Waals surface area contributed by atoms with Gasteiger partial charge in [0.05, 0.1) is 6.10 Å². The van der Waals surface area contributed by atoms with Crippen LogP contribution in [0.3, 0.4) is 0 Å². The monoisotopic (exact) mass is 239 g/mol. The average Bonchev–Trinajstić information content (AvgIpc) is 3.04. The number of unbranched alkanes of at least 4 members (excludes halogenated alkanes) is 1. The van der Waals surface area contributed by atoms with E-state index in [1.165, 1.54) is 32.1 Å². The molecule has 2 fully saturated rings. The lowest BCUT2D eigenvalue weighted by Gasteiger charge is -2.56. The highest BCUT2D eigenvalue weighted by Gasteiger charge is 2.55. The Bertz CT molecular complexity index is 272. The molecule has 0 bridgehead atoms. The summed E-state index contributed by atoms with van der Waals surface area (Å²) in [6, 6.07) is 0. The van der Waals surface area contributed by atoms with E-state index in [4.69, 9.17) is 4.74 Å². The van der Waals surface area contributed by atoms with Crippen molar-refractivity contribution >= 4 is 0 Å². The van der Waals surface area contributed by atoms with Gasteiger partial charge in [-0.15, -0.1) is 0 Å². The van der Waals surface area contributed by atoms with Crippen molar-refractivity contribution in [1.29, 1.82) is 0 Å². The number of rotatable bonds is 4. The van der Waals surface area contributed by atoms with Gasteiger partial charge in [0.2, 0.25) is 0 Å². The Morgan fingerprint density at radius 2 is 1.94 bits per heavy atom. The summed E-state index contributed by atoms with van der Waals surface area (Å²) in [7, 11) is 2.28. The summed E-state index contributed by atoms with van der Waals surface area (Å²) in [6.07, 6.45) is 8.01. The molecule has 2 aliphatic rings. The Morgan fingerprint density at radius 3 is 2.47 bits per heavy atom. The van der Waals surface area contributed by atoms with Gasteiger partial charge in [0.1, 0.15) is 5.72 Å². The van der Waals surface area contributed by atoms with Gasteiger partial charge in [-0.3, -0.25) is 4.90 Å². The number of hydrogen-bond acceptors (Lipinski definition) is 2. The van der Waals surface area contributed by atoms with Gasteiger partial charge < -0.3 is 4.74 Å². The minimum Gasteiger partial charge on any atom is -0.357 e. The Morgan fingerprint density at radius 1 is 1.29 bits per heavy atom. The minimum atomic E-state index is 0.0389. The van der Waals surface area contributed by atoms with Crippen LogP contribution in [0.2, 0.25) is 0 Å². The minimum absolute atomic E-state index is 0.0389. The molecule has 0 aromatic heterocycles. The van der Waals surface area contributed by atoms with Crippen molar-refractivity contribution in [3.8, 4) is 0 Å². The molecule has 0 aromatic carbocycles. The lowest BCUT2D eigenvalue weighted by molar-refractivity contribution is -0.261. The summed E-state index contributed by atoms with van der Waals surface area (Å²) in [4.78, 5) is 2.55. The highest BCUT2D eigenvalue weighted by molar-refractivity contribution is 5.03. The average molecular weight is 239 g/mol. The number of hydrogen-bond donors (Lipinski definition) is 0. The summed E-state index contributed by atoms with van der Waals surface area (Å²) < 4.78 is 6.47. The van der Waals surface area contributed by atoms with Crippen molar-refractivity contribution in [3.63, 3.8) is 0 Å². The molecule has 2 heteroatoms. The summed E-state index contributed by atoms with van der Waals surface area (Å²) in [5.74, 6) is 0.779. The second-order valence-electron chi connectivity index (χ2n) is 6.73. The van der Waals surface area contributed by atoms with E-state index in [-0.39, 0.29) is 11.3 Å². The lowest BCUT2D eigenvalue weighted by atomic mass is 9.85. The summed E-state index contributed by atoms with van der Waals surface area (Å²) in [6.45, 7) is 9.26. The van der Waals surface area contributed by atoms with Crippen LogP contribution in [0.1, 0.15) is 66.2 Å². The van der Waals surface area contributed by atoms with Crippen LogP contribution in [-0.2, 0) is 4.74 Å². The van der Waals surface area contributed by atoms with E-state index >= 15 is 0 Å². The molecule has 0 aromatic rings. The first-order valence-electron chi connectivity index (χ1n) is 7.34. The molecule has 0 spiro atoms.